The lowest BCUT2D eigenvalue weighted by Crippen LogP contribution is -2.69. The van der Waals surface area contributed by atoms with E-state index in [-0.39, 0.29) is 17.7 Å². The van der Waals surface area contributed by atoms with Crippen LogP contribution in [0, 0.1) is 5.41 Å². The summed E-state index contributed by atoms with van der Waals surface area (Å²) in [6.07, 6.45) is 8.05. The van der Waals surface area contributed by atoms with Crippen molar-refractivity contribution in [3.05, 3.63) is 11.8 Å². The number of aliphatic hydroxyl groups excluding tert-OH is 1. The van der Waals surface area contributed by atoms with E-state index in [0.717, 1.165) is 44.9 Å². The second-order valence-electron chi connectivity index (χ2n) is 8.22. The fourth-order valence-electron chi connectivity index (χ4n) is 4.81. The van der Waals surface area contributed by atoms with Crippen LogP contribution in [-0.4, -0.2) is 38.7 Å². The molecule has 4 fully saturated rings. The molecule has 0 saturated heterocycles. The molecule has 1 heterocycles. The Hall–Kier alpha value is -1.89. The second-order valence-corrected chi connectivity index (χ2v) is 8.22. The Morgan fingerprint density at radius 1 is 1.29 bits per heavy atom. The average Bonchev–Trinajstić information content (AvgIpc) is 2.47. The maximum absolute atomic E-state index is 11.7. The van der Waals surface area contributed by atoms with Crippen LogP contribution < -0.4 is 16.4 Å². The molecule has 0 aliphatic heterocycles. The van der Waals surface area contributed by atoms with E-state index in [1.165, 1.54) is 6.20 Å². The number of rotatable bonds is 5. The molecule has 4 saturated carbocycles. The first-order valence-corrected chi connectivity index (χ1v) is 8.76. The van der Waals surface area contributed by atoms with Crippen LogP contribution in [0.1, 0.15) is 62.2 Å². The molecule has 0 atom stereocenters. The van der Waals surface area contributed by atoms with E-state index in [2.05, 4.69) is 27.5 Å². The number of aliphatic hydroxyl groups is 1. The van der Waals surface area contributed by atoms with Crippen LogP contribution in [0.3, 0.4) is 0 Å². The molecule has 7 nitrogen and oxygen atoms in total. The van der Waals surface area contributed by atoms with Gasteiger partial charge in [0.05, 0.1) is 11.7 Å². The number of nitrogens with zero attached hydrogens (tertiary/aromatic N) is 2. The minimum absolute atomic E-state index is 0.0829. The number of aromatic nitrogens is 2. The molecule has 0 aromatic carbocycles. The molecule has 0 radical (unpaired) electrons. The number of hydrogen-bond acceptors (Lipinski definition) is 6. The van der Waals surface area contributed by atoms with E-state index in [0.29, 0.717) is 22.7 Å². The molecule has 0 unspecified atom stereocenters. The quantitative estimate of drug-likeness (QED) is 0.652. The number of nitrogens with two attached hydrogens (primary N) is 1. The van der Waals surface area contributed by atoms with Gasteiger partial charge < -0.3 is 21.5 Å². The Labute approximate surface area is 141 Å². The SMILES string of the molecule is CC12CC(Nc3nc(N[C@H]4CC[C@H](O)CC4)ncc3C(N)=O)(C1)C2. The number of carbonyl (C=O) groups excluding carboxylic acids is 1. The Morgan fingerprint density at radius 2 is 1.96 bits per heavy atom. The Morgan fingerprint density at radius 3 is 2.54 bits per heavy atom. The van der Waals surface area contributed by atoms with Gasteiger partial charge in [0.25, 0.3) is 5.91 Å². The first kappa shape index (κ1) is 15.6. The normalized spacial score (nSPS) is 37.1. The number of hydrogen-bond donors (Lipinski definition) is 4. The summed E-state index contributed by atoms with van der Waals surface area (Å²) in [7, 11) is 0. The van der Waals surface area contributed by atoms with Gasteiger partial charge in [-0.1, -0.05) is 6.92 Å². The first-order valence-electron chi connectivity index (χ1n) is 8.76. The van der Waals surface area contributed by atoms with Gasteiger partial charge in [-0.05, 0) is 50.4 Å². The van der Waals surface area contributed by atoms with E-state index in [1.54, 1.807) is 0 Å². The maximum Gasteiger partial charge on any atom is 0.254 e. The molecule has 1 amide bonds. The van der Waals surface area contributed by atoms with E-state index >= 15 is 0 Å². The Bertz CT molecular complexity index is 649. The zero-order valence-corrected chi connectivity index (χ0v) is 14.0. The molecule has 5 rings (SSSR count). The third-order valence-corrected chi connectivity index (χ3v) is 5.76. The lowest BCUT2D eigenvalue weighted by Gasteiger charge is -2.69. The third-order valence-electron chi connectivity index (χ3n) is 5.76. The van der Waals surface area contributed by atoms with Crippen LogP contribution in [0.15, 0.2) is 6.20 Å². The average molecular weight is 331 g/mol. The molecular weight excluding hydrogens is 306 g/mol. The molecule has 7 heteroatoms. The number of anilines is 2. The molecule has 130 valence electrons. The van der Waals surface area contributed by atoms with Crippen molar-refractivity contribution in [2.45, 2.75) is 69.6 Å². The summed E-state index contributed by atoms with van der Waals surface area (Å²) in [6.45, 7) is 2.29. The van der Waals surface area contributed by atoms with Crippen molar-refractivity contribution in [2.24, 2.45) is 11.1 Å². The van der Waals surface area contributed by atoms with Crippen molar-refractivity contribution in [3.63, 3.8) is 0 Å². The van der Waals surface area contributed by atoms with Gasteiger partial charge in [-0.15, -0.1) is 0 Å². The summed E-state index contributed by atoms with van der Waals surface area (Å²) in [5.41, 5.74) is 6.37. The van der Waals surface area contributed by atoms with Gasteiger partial charge in [0.15, 0.2) is 0 Å². The zero-order valence-electron chi connectivity index (χ0n) is 14.0. The van der Waals surface area contributed by atoms with E-state index in [9.17, 15) is 9.90 Å². The van der Waals surface area contributed by atoms with Gasteiger partial charge >= 0.3 is 0 Å². The maximum atomic E-state index is 11.7. The van der Waals surface area contributed by atoms with Crippen molar-refractivity contribution in [3.8, 4) is 0 Å². The van der Waals surface area contributed by atoms with Gasteiger partial charge in [0.1, 0.15) is 5.82 Å². The summed E-state index contributed by atoms with van der Waals surface area (Å²) in [5, 5.41) is 16.4. The monoisotopic (exact) mass is 331 g/mol. The lowest BCUT2D eigenvalue weighted by atomic mass is 9.40. The molecule has 1 aromatic heterocycles. The second kappa shape index (κ2) is 5.31. The smallest absolute Gasteiger partial charge is 0.254 e. The summed E-state index contributed by atoms with van der Waals surface area (Å²) >= 11 is 0. The molecule has 2 bridgehead atoms. The van der Waals surface area contributed by atoms with E-state index in [4.69, 9.17) is 5.73 Å². The van der Waals surface area contributed by atoms with Crippen LogP contribution in [0.5, 0.6) is 0 Å². The first-order chi connectivity index (χ1) is 11.4. The van der Waals surface area contributed by atoms with Crippen LogP contribution >= 0.6 is 0 Å². The highest BCUT2D eigenvalue weighted by molar-refractivity contribution is 5.97. The van der Waals surface area contributed by atoms with Crippen LogP contribution in [-0.2, 0) is 0 Å². The van der Waals surface area contributed by atoms with E-state index < -0.39 is 5.91 Å². The number of nitrogens with one attached hydrogen (secondary N) is 2. The molecular formula is C17H25N5O2. The fraction of sp³-hybridized carbons (Fsp3) is 0.706. The van der Waals surface area contributed by atoms with Crippen molar-refractivity contribution < 1.29 is 9.90 Å². The minimum atomic E-state index is -0.511. The minimum Gasteiger partial charge on any atom is -0.393 e. The van der Waals surface area contributed by atoms with Crippen LogP contribution in [0.25, 0.3) is 0 Å². The molecule has 4 aliphatic carbocycles. The predicted molar refractivity (Wildman–Crippen MR) is 90.7 cm³/mol. The molecule has 4 aliphatic rings. The zero-order chi connectivity index (χ0) is 16.9. The topological polar surface area (TPSA) is 113 Å². The van der Waals surface area contributed by atoms with Crippen molar-refractivity contribution in [2.75, 3.05) is 10.6 Å². The number of amides is 1. The van der Waals surface area contributed by atoms with Gasteiger partial charge in [-0.2, -0.15) is 4.98 Å². The van der Waals surface area contributed by atoms with Crippen molar-refractivity contribution in [1.82, 2.24) is 9.97 Å². The van der Waals surface area contributed by atoms with Crippen molar-refractivity contribution in [1.29, 1.82) is 0 Å². The molecule has 1 aromatic rings. The third kappa shape index (κ3) is 2.70. The predicted octanol–water partition coefficient (Wildman–Crippen LogP) is 1.65. The highest BCUT2D eigenvalue weighted by Crippen LogP contribution is 2.68. The fourth-order valence-corrected chi connectivity index (χ4v) is 4.81. The van der Waals surface area contributed by atoms with Crippen LogP contribution in [0.2, 0.25) is 0 Å². The number of primary amides is 1. The highest BCUT2D eigenvalue weighted by Gasteiger charge is 2.65. The summed E-state index contributed by atoms with van der Waals surface area (Å²) in [5.74, 6) is 0.543. The van der Waals surface area contributed by atoms with E-state index in [1.807, 2.05) is 0 Å². The van der Waals surface area contributed by atoms with Crippen LogP contribution in [0.4, 0.5) is 11.8 Å². The van der Waals surface area contributed by atoms with Gasteiger partial charge in [-0.3, -0.25) is 4.79 Å². The van der Waals surface area contributed by atoms with Gasteiger partial charge in [0.2, 0.25) is 5.95 Å². The standard InChI is InChI=1S/C17H25N5O2/c1-16-7-17(8-16,9-16)22-14-12(13(18)24)6-19-15(21-14)20-10-2-4-11(23)5-3-10/h6,10-11,23H,2-5,7-9H2,1H3,(H2,18,24)(H2,19,20,21,22)/t10-,11-,16?,17?. The van der Waals surface area contributed by atoms with Gasteiger partial charge in [0, 0.05) is 17.8 Å². The molecule has 0 spiro atoms. The molecule has 24 heavy (non-hydrogen) atoms. The largest absolute Gasteiger partial charge is 0.393 e. The van der Waals surface area contributed by atoms with Crippen molar-refractivity contribution >= 4 is 17.7 Å². The highest BCUT2D eigenvalue weighted by atomic mass is 16.3. The summed E-state index contributed by atoms with van der Waals surface area (Å²) < 4.78 is 0. The Balaban J connectivity index is 1.49. The van der Waals surface area contributed by atoms with Gasteiger partial charge in [-0.25, -0.2) is 4.98 Å². The number of carbonyl (C=O) groups is 1. The summed E-state index contributed by atoms with van der Waals surface area (Å²) in [6, 6.07) is 0.259. The Kier molecular flexibility index (Phi) is 3.46. The lowest BCUT2D eigenvalue weighted by molar-refractivity contribution is -0.1000. The molecule has 5 N–H and O–H groups in total. The summed E-state index contributed by atoms with van der Waals surface area (Å²) in [4.78, 5) is 20.5.